The van der Waals surface area contributed by atoms with Gasteiger partial charge in [-0.05, 0) is 24.6 Å². The van der Waals surface area contributed by atoms with Crippen molar-refractivity contribution in [1.82, 2.24) is 14.5 Å². The molecule has 0 fully saturated rings. The summed E-state index contributed by atoms with van der Waals surface area (Å²) in [6.45, 7) is 2.16. The van der Waals surface area contributed by atoms with Crippen molar-refractivity contribution < 1.29 is 4.79 Å². The molecule has 6 heteroatoms. The molecule has 1 aromatic heterocycles. The first-order valence-electron chi connectivity index (χ1n) is 7.98. The number of amides is 1. The van der Waals surface area contributed by atoms with Gasteiger partial charge in [0, 0.05) is 13.6 Å². The van der Waals surface area contributed by atoms with Crippen molar-refractivity contribution in [2.24, 2.45) is 7.05 Å². The predicted octanol–water partition coefficient (Wildman–Crippen LogP) is 1.33. The smallest absolute Gasteiger partial charge is 0.317 e. The predicted molar refractivity (Wildman–Crippen MR) is 96.5 cm³/mol. The summed E-state index contributed by atoms with van der Waals surface area (Å²) >= 11 is 0. The zero-order valence-corrected chi connectivity index (χ0v) is 14.2. The fourth-order valence-corrected chi connectivity index (χ4v) is 2.83. The fraction of sp³-hybridized carbons (Fsp3) is 0.211. The van der Waals surface area contributed by atoms with Crippen LogP contribution >= 0.6 is 0 Å². The Morgan fingerprint density at radius 1 is 1.00 bits per heavy atom. The fourth-order valence-electron chi connectivity index (χ4n) is 2.83. The van der Waals surface area contributed by atoms with Gasteiger partial charge in [-0.3, -0.25) is 19.0 Å². The van der Waals surface area contributed by atoms with E-state index in [0.717, 1.165) is 11.1 Å². The highest BCUT2D eigenvalue weighted by Gasteiger charge is 2.13. The van der Waals surface area contributed by atoms with Crippen molar-refractivity contribution >= 4 is 16.9 Å². The maximum absolute atomic E-state index is 12.3. The molecule has 6 nitrogen and oxygen atoms in total. The molecule has 1 N–H and O–H groups in total. The number of aromatic nitrogens is 2. The van der Waals surface area contributed by atoms with Gasteiger partial charge < -0.3 is 9.88 Å². The molecule has 1 amide bonds. The lowest BCUT2D eigenvalue weighted by molar-refractivity contribution is -0.121. The number of para-hydroxylation sites is 2. The Kier molecular flexibility index (Phi) is 4.52. The maximum Gasteiger partial charge on any atom is 0.317 e. The molecule has 0 unspecified atom stereocenters. The van der Waals surface area contributed by atoms with Crippen LogP contribution in [-0.2, 0) is 24.9 Å². The van der Waals surface area contributed by atoms with Crippen molar-refractivity contribution in [1.29, 1.82) is 0 Å². The molecular weight excluding hydrogens is 318 g/mol. The van der Waals surface area contributed by atoms with E-state index in [0.29, 0.717) is 17.6 Å². The van der Waals surface area contributed by atoms with Gasteiger partial charge in [0.25, 0.3) is 0 Å². The van der Waals surface area contributed by atoms with Crippen LogP contribution in [0.5, 0.6) is 0 Å². The quantitative estimate of drug-likeness (QED) is 0.730. The molecule has 0 saturated heterocycles. The van der Waals surface area contributed by atoms with Gasteiger partial charge in [0.05, 0.1) is 11.0 Å². The van der Waals surface area contributed by atoms with Crippen LogP contribution in [0.25, 0.3) is 11.0 Å². The highest BCUT2D eigenvalue weighted by atomic mass is 16.2. The van der Waals surface area contributed by atoms with Gasteiger partial charge in [-0.25, -0.2) is 0 Å². The average molecular weight is 337 g/mol. The first-order valence-corrected chi connectivity index (χ1v) is 7.98. The largest absolute Gasteiger partial charge is 0.350 e. The first kappa shape index (κ1) is 16.7. The molecule has 128 valence electrons. The summed E-state index contributed by atoms with van der Waals surface area (Å²) in [6.07, 6.45) is 0. The van der Waals surface area contributed by atoms with Crippen molar-refractivity contribution in [3.05, 3.63) is 80.4 Å². The van der Waals surface area contributed by atoms with Gasteiger partial charge in [0.1, 0.15) is 6.54 Å². The van der Waals surface area contributed by atoms with E-state index in [2.05, 4.69) is 5.32 Å². The molecule has 3 aromatic rings. The zero-order valence-electron chi connectivity index (χ0n) is 14.2. The second kappa shape index (κ2) is 6.76. The number of carbonyl (C=O) groups excluding carboxylic acids is 1. The number of nitrogens with one attached hydrogen (secondary N) is 1. The SMILES string of the molecule is Cc1cccc(CNC(=O)Cn2c(=O)c(=O)n(C)c3ccccc32)c1. The van der Waals surface area contributed by atoms with Crippen LogP contribution in [-0.4, -0.2) is 15.0 Å². The molecule has 1 heterocycles. The maximum atomic E-state index is 12.3. The van der Waals surface area contributed by atoms with E-state index in [9.17, 15) is 14.4 Å². The van der Waals surface area contributed by atoms with Gasteiger partial charge in [-0.1, -0.05) is 42.0 Å². The summed E-state index contributed by atoms with van der Waals surface area (Å²) in [5.41, 5.74) is 1.91. The minimum Gasteiger partial charge on any atom is -0.350 e. The summed E-state index contributed by atoms with van der Waals surface area (Å²) in [4.78, 5) is 36.7. The van der Waals surface area contributed by atoms with Crippen LogP contribution in [0.3, 0.4) is 0 Å². The van der Waals surface area contributed by atoms with Gasteiger partial charge in [-0.2, -0.15) is 0 Å². The summed E-state index contributed by atoms with van der Waals surface area (Å²) < 4.78 is 2.53. The summed E-state index contributed by atoms with van der Waals surface area (Å²) in [7, 11) is 1.55. The number of fused-ring (bicyclic) bond motifs is 1. The van der Waals surface area contributed by atoms with Gasteiger partial charge >= 0.3 is 11.1 Å². The van der Waals surface area contributed by atoms with E-state index < -0.39 is 11.1 Å². The number of rotatable bonds is 4. The number of hydrogen-bond donors (Lipinski definition) is 1. The molecule has 0 aliphatic carbocycles. The molecule has 3 rings (SSSR count). The first-order chi connectivity index (χ1) is 12.0. The van der Waals surface area contributed by atoms with Crippen LogP contribution in [0.4, 0.5) is 0 Å². The van der Waals surface area contributed by atoms with E-state index in [4.69, 9.17) is 0 Å². The minimum atomic E-state index is -0.702. The Balaban J connectivity index is 1.86. The van der Waals surface area contributed by atoms with Gasteiger partial charge in [-0.15, -0.1) is 0 Å². The molecule has 0 saturated carbocycles. The molecule has 0 radical (unpaired) electrons. The van der Waals surface area contributed by atoms with Crippen molar-refractivity contribution in [2.45, 2.75) is 20.0 Å². The highest BCUT2D eigenvalue weighted by molar-refractivity contribution is 5.80. The van der Waals surface area contributed by atoms with Gasteiger partial charge in [0.15, 0.2) is 0 Å². The second-order valence-corrected chi connectivity index (χ2v) is 6.01. The Morgan fingerprint density at radius 3 is 2.44 bits per heavy atom. The Hall–Kier alpha value is -3.15. The lowest BCUT2D eigenvalue weighted by Gasteiger charge is -2.12. The topological polar surface area (TPSA) is 73.1 Å². The average Bonchev–Trinajstić information content (AvgIpc) is 2.62. The highest BCUT2D eigenvalue weighted by Crippen LogP contribution is 2.09. The van der Waals surface area contributed by atoms with Crippen LogP contribution in [0.2, 0.25) is 0 Å². The van der Waals surface area contributed by atoms with Crippen LogP contribution in [0.15, 0.2) is 58.1 Å². The molecule has 0 spiro atoms. The van der Waals surface area contributed by atoms with Crippen molar-refractivity contribution in [2.75, 3.05) is 0 Å². The monoisotopic (exact) mass is 337 g/mol. The van der Waals surface area contributed by atoms with Crippen LogP contribution in [0.1, 0.15) is 11.1 Å². The Labute approximate surface area is 144 Å². The summed E-state index contributed by atoms with van der Waals surface area (Å²) in [5.74, 6) is -0.318. The molecule has 0 bridgehead atoms. The molecular formula is C19H19N3O3. The normalized spacial score (nSPS) is 10.8. The van der Waals surface area contributed by atoms with Crippen LogP contribution < -0.4 is 16.4 Å². The molecule has 0 atom stereocenters. The number of carbonyl (C=O) groups is 1. The summed E-state index contributed by atoms with van der Waals surface area (Å²) in [6, 6.07) is 14.9. The van der Waals surface area contributed by atoms with E-state index in [1.54, 1.807) is 31.3 Å². The minimum absolute atomic E-state index is 0.193. The zero-order chi connectivity index (χ0) is 18.0. The lowest BCUT2D eigenvalue weighted by atomic mass is 10.1. The third-order valence-corrected chi connectivity index (χ3v) is 4.14. The van der Waals surface area contributed by atoms with E-state index in [-0.39, 0.29) is 12.5 Å². The Morgan fingerprint density at radius 2 is 1.72 bits per heavy atom. The molecule has 0 aliphatic rings. The lowest BCUT2D eigenvalue weighted by Crippen LogP contribution is -2.43. The molecule has 25 heavy (non-hydrogen) atoms. The Bertz CT molecular complexity index is 1060. The number of nitrogens with zero attached hydrogens (tertiary/aromatic N) is 2. The number of aryl methyl sites for hydroxylation is 2. The number of hydrogen-bond acceptors (Lipinski definition) is 3. The third kappa shape index (κ3) is 3.38. The van der Waals surface area contributed by atoms with Gasteiger partial charge in [0.2, 0.25) is 5.91 Å². The van der Waals surface area contributed by atoms with Crippen molar-refractivity contribution in [3.63, 3.8) is 0 Å². The third-order valence-electron chi connectivity index (χ3n) is 4.14. The van der Waals surface area contributed by atoms with E-state index in [1.807, 2.05) is 31.2 Å². The molecule has 2 aromatic carbocycles. The van der Waals surface area contributed by atoms with E-state index in [1.165, 1.54) is 9.13 Å². The van der Waals surface area contributed by atoms with E-state index >= 15 is 0 Å². The number of benzene rings is 2. The molecule has 0 aliphatic heterocycles. The summed E-state index contributed by atoms with van der Waals surface area (Å²) in [5, 5.41) is 2.79. The van der Waals surface area contributed by atoms with Crippen LogP contribution in [0, 0.1) is 6.92 Å². The standard InChI is InChI=1S/C19H19N3O3/c1-13-6-5-7-14(10-13)11-20-17(23)12-22-16-9-4-3-8-15(16)21(2)18(24)19(22)25/h3-10H,11-12H2,1-2H3,(H,20,23). The van der Waals surface area contributed by atoms with Crippen molar-refractivity contribution in [3.8, 4) is 0 Å². The second-order valence-electron chi connectivity index (χ2n) is 6.01.